The summed E-state index contributed by atoms with van der Waals surface area (Å²) in [6, 6.07) is 0. The number of carbonyl (C=O) groups excluding carboxylic acids is 1. The summed E-state index contributed by atoms with van der Waals surface area (Å²) in [5.74, 6) is -0.452. The summed E-state index contributed by atoms with van der Waals surface area (Å²) < 4.78 is 5.01. The maximum absolute atomic E-state index is 10.4. The third-order valence-corrected chi connectivity index (χ3v) is 3.00. The van der Waals surface area contributed by atoms with Crippen molar-refractivity contribution in [3.63, 3.8) is 0 Å². The summed E-state index contributed by atoms with van der Waals surface area (Å²) in [5, 5.41) is 12.5. The SMILES string of the molecule is CCC(CC)(CO)CNCCOCC(N)=O. The Morgan fingerprint density at radius 1 is 1.44 bits per heavy atom. The highest BCUT2D eigenvalue weighted by Gasteiger charge is 2.24. The molecule has 0 heterocycles. The Hall–Kier alpha value is -0.650. The van der Waals surface area contributed by atoms with Crippen LogP contribution in [0.2, 0.25) is 0 Å². The summed E-state index contributed by atoms with van der Waals surface area (Å²) in [6.45, 7) is 6.18. The second kappa shape index (κ2) is 8.50. The molecule has 16 heavy (non-hydrogen) atoms. The first-order chi connectivity index (χ1) is 7.60. The molecule has 0 aliphatic rings. The Morgan fingerprint density at radius 3 is 2.50 bits per heavy atom. The molecule has 0 radical (unpaired) electrons. The van der Waals surface area contributed by atoms with Gasteiger partial charge in [0.1, 0.15) is 6.61 Å². The van der Waals surface area contributed by atoms with E-state index in [9.17, 15) is 9.90 Å². The predicted octanol–water partition coefficient (Wildman–Crippen LogP) is -0.123. The van der Waals surface area contributed by atoms with Gasteiger partial charge in [-0.15, -0.1) is 0 Å². The van der Waals surface area contributed by atoms with E-state index < -0.39 is 5.91 Å². The summed E-state index contributed by atoms with van der Waals surface area (Å²) in [7, 11) is 0. The molecule has 4 N–H and O–H groups in total. The number of hydrogen-bond acceptors (Lipinski definition) is 4. The number of amides is 1. The maximum atomic E-state index is 10.4. The number of primary amides is 1. The minimum absolute atomic E-state index is 0.0334. The van der Waals surface area contributed by atoms with Crippen LogP contribution in [0.4, 0.5) is 0 Å². The zero-order valence-corrected chi connectivity index (χ0v) is 10.3. The number of hydrogen-bond donors (Lipinski definition) is 3. The Balaban J connectivity index is 3.59. The van der Waals surface area contributed by atoms with Crippen LogP contribution in [-0.2, 0) is 9.53 Å². The summed E-state index contributed by atoms with van der Waals surface area (Å²) >= 11 is 0. The second-order valence-electron chi connectivity index (χ2n) is 4.06. The second-order valence-corrected chi connectivity index (χ2v) is 4.06. The van der Waals surface area contributed by atoms with Gasteiger partial charge in [-0.1, -0.05) is 13.8 Å². The van der Waals surface area contributed by atoms with Gasteiger partial charge in [0.05, 0.1) is 6.61 Å². The van der Waals surface area contributed by atoms with Crippen LogP contribution in [0.25, 0.3) is 0 Å². The normalized spacial score (nSPS) is 11.7. The minimum atomic E-state index is -0.452. The lowest BCUT2D eigenvalue weighted by Crippen LogP contribution is -2.38. The molecular formula is C11H24N2O3. The first-order valence-corrected chi connectivity index (χ1v) is 5.78. The van der Waals surface area contributed by atoms with Crippen LogP contribution in [0.1, 0.15) is 26.7 Å². The van der Waals surface area contributed by atoms with Crippen LogP contribution in [0.15, 0.2) is 0 Å². The third-order valence-electron chi connectivity index (χ3n) is 3.00. The molecule has 96 valence electrons. The van der Waals surface area contributed by atoms with Crippen molar-refractivity contribution < 1.29 is 14.6 Å². The zero-order chi connectivity index (χ0) is 12.4. The van der Waals surface area contributed by atoms with Crippen LogP contribution in [0, 0.1) is 5.41 Å². The number of nitrogens with one attached hydrogen (secondary N) is 1. The van der Waals surface area contributed by atoms with Crippen molar-refractivity contribution in [3.8, 4) is 0 Å². The van der Waals surface area contributed by atoms with Crippen molar-refractivity contribution >= 4 is 5.91 Å². The largest absolute Gasteiger partial charge is 0.396 e. The minimum Gasteiger partial charge on any atom is -0.396 e. The van der Waals surface area contributed by atoms with Crippen molar-refractivity contribution in [2.45, 2.75) is 26.7 Å². The van der Waals surface area contributed by atoms with Gasteiger partial charge in [-0.2, -0.15) is 0 Å². The van der Waals surface area contributed by atoms with Gasteiger partial charge < -0.3 is 20.9 Å². The molecule has 0 spiro atoms. The lowest BCUT2D eigenvalue weighted by molar-refractivity contribution is -0.122. The molecule has 0 aromatic carbocycles. The van der Waals surface area contributed by atoms with E-state index in [0.29, 0.717) is 13.2 Å². The fourth-order valence-corrected chi connectivity index (χ4v) is 1.45. The highest BCUT2D eigenvalue weighted by molar-refractivity contribution is 5.74. The topological polar surface area (TPSA) is 84.6 Å². The van der Waals surface area contributed by atoms with E-state index in [1.54, 1.807) is 0 Å². The molecule has 5 heteroatoms. The summed E-state index contributed by atoms with van der Waals surface area (Å²) in [4.78, 5) is 10.4. The molecule has 0 unspecified atom stereocenters. The summed E-state index contributed by atoms with van der Waals surface area (Å²) in [6.07, 6.45) is 1.88. The van der Waals surface area contributed by atoms with Gasteiger partial charge in [0.2, 0.25) is 5.91 Å². The van der Waals surface area contributed by atoms with E-state index in [-0.39, 0.29) is 18.6 Å². The van der Waals surface area contributed by atoms with Crippen LogP contribution in [-0.4, -0.2) is 43.9 Å². The lowest BCUT2D eigenvalue weighted by atomic mass is 9.83. The molecule has 1 amide bonds. The van der Waals surface area contributed by atoms with Crippen LogP contribution >= 0.6 is 0 Å². The van der Waals surface area contributed by atoms with Gasteiger partial charge >= 0.3 is 0 Å². The first-order valence-electron chi connectivity index (χ1n) is 5.78. The molecule has 0 saturated carbocycles. The molecule has 0 saturated heterocycles. The predicted molar refractivity (Wildman–Crippen MR) is 63.0 cm³/mol. The Morgan fingerprint density at radius 2 is 2.06 bits per heavy atom. The van der Waals surface area contributed by atoms with Crippen molar-refractivity contribution in [2.75, 3.05) is 32.9 Å². The molecule has 0 aromatic rings. The fraction of sp³-hybridized carbons (Fsp3) is 0.909. The van der Waals surface area contributed by atoms with Gasteiger partial charge in [-0.25, -0.2) is 0 Å². The number of nitrogens with two attached hydrogens (primary N) is 1. The van der Waals surface area contributed by atoms with Crippen molar-refractivity contribution in [2.24, 2.45) is 11.1 Å². The van der Waals surface area contributed by atoms with Gasteiger partial charge in [0.25, 0.3) is 0 Å². The number of aliphatic hydroxyl groups is 1. The molecule has 0 atom stereocenters. The van der Waals surface area contributed by atoms with E-state index in [2.05, 4.69) is 19.2 Å². The molecular weight excluding hydrogens is 208 g/mol. The molecule has 0 aliphatic heterocycles. The van der Waals surface area contributed by atoms with Crippen molar-refractivity contribution in [1.29, 1.82) is 0 Å². The van der Waals surface area contributed by atoms with Crippen LogP contribution in [0.3, 0.4) is 0 Å². The third kappa shape index (κ3) is 6.05. The smallest absolute Gasteiger partial charge is 0.243 e. The van der Waals surface area contributed by atoms with E-state index in [1.165, 1.54) is 0 Å². The first kappa shape index (κ1) is 15.3. The monoisotopic (exact) mass is 232 g/mol. The van der Waals surface area contributed by atoms with E-state index in [0.717, 1.165) is 19.4 Å². The van der Waals surface area contributed by atoms with Crippen molar-refractivity contribution in [1.82, 2.24) is 5.32 Å². The molecule has 0 aliphatic carbocycles. The molecule has 5 nitrogen and oxygen atoms in total. The number of aliphatic hydroxyl groups excluding tert-OH is 1. The lowest BCUT2D eigenvalue weighted by Gasteiger charge is -2.29. The number of carbonyl (C=O) groups is 1. The van der Waals surface area contributed by atoms with E-state index in [1.807, 2.05) is 0 Å². The van der Waals surface area contributed by atoms with Gasteiger partial charge in [-0.3, -0.25) is 4.79 Å². The molecule has 0 fully saturated rings. The van der Waals surface area contributed by atoms with Crippen LogP contribution in [0.5, 0.6) is 0 Å². The molecule has 0 bridgehead atoms. The highest BCUT2D eigenvalue weighted by Crippen LogP contribution is 2.24. The van der Waals surface area contributed by atoms with Gasteiger partial charge in [0, 0.05) is 25.1 Å². The van der Waals surface area contributed by atoms with Gasteiger partial charge in [-0.05, 0) is 12.8 Å². The van der Waals surface area contributed by atoms with E-state index >= 15 is 0 Å². The van der Waals surface area contributed by atoms with E-state index in [4.69, 9.17) is 10.5 Å². The number of rotatable bonds is 10. The quantitative estimate of drug-likeness (QED) is 0.458. The average Bonchev–Trinajstić information content (AvgIpc) is 2.29. The Bertz CT molecular complexity index is 185. The Labute approximate surface area is 97.3 Å². The highest BCUT2D eigenvalue weighted by atomic mass is 16.5. The zero-order valence-electron chi connectivity index (χ0n) is 10.3. The van der Waals surface area contributed by atoms with Crippen LogP contribution < -0.4 is 11.1 Å². The average molecular weight is 232 g/mol. The Kier molecular flexibility index (Phi) is 8.15. The fourth-order valence-electron chi connectivity index (χ4n) is 1.45. The molecule has 0 rings (SSSR count). The summed E-state index contributed by atoms with van der Waals surface area (Å²) in [5.41, 5.74) is 4.89. The maximum Gasteiger partial charge on any atom is 0.243 e. The number of ether oxygens (including phenoxy) is 1. The van der Waals surface area contributed by atoms with Crippen molar-refractivity contribution in [3.05, 3.63) is 0 Å². The van der Waals surface area contributed by atoms with Gasteiger partial charge in [0.15, 0.2) is 0 Å². The standard InChI is InChI=1S/C11H24N2O3/c1-3-11(4-2,9-14)8-13-5-6-16-7-10(12)15/h13-14H,3-9H2,1-2H3,(H2,12,15). The molecule has 0 aromatic heterocycles.